The number of hydrogen-bond acceptors (Lipinski definition) is 5. The minimum absolute atomic E-state index is 0.141. The molecular formula is C25H22N4O3. The number of hydrogen-bond donors (Lipinski definition) is 0. The van der Waals surface area contributed by atoms with Gasteiger partial charge in [-0.25, -0.2) is 9.67 Å². The molecule has 1 amide bonds. The zero-order valence-corrected chi connectivity index (χ0v) is 17.6. The van der Waals surface area contributed by atoms with Gasteiger partial charge in [0.2, 0.25) is 0 Å². The maximum absolute atomic E-state index is 13.9. The fourth-order valence-corrected chi connectivity index (χ4v) is 3.76. The van der Waals surface area contributed by atoms with Gasteiger partial charge in [0, 0.05) is 12.1 Å². The number of amides is 1. The average molecular weight is 426 g/mol. The molecule has 1 aromatic carbocycles. The molecule has 0 saturated heterocycles. The van der Waals surface area contributed by atoms with E-state index in [-0.39, 0.29) is 5.91 Å². The van der Waals surface area contributed by atoms with E-state index in [4.69, 9.17) is 13.8 Å². The number of carbonyl (C=O) groups excluding carboxylic acids is 1. The van der Waals surface area contributed by atoms with Crippen molar-refractivity contribution in [1.82, 2.24) is 19.7 Å². The van der Waals surface area contributed by atoms with Crippen LogP contribution in [0.25, 0.3) is 22.3 Å². The summed E-state index contributed by atoms with van der Waals surface area (Å²) in [5.41, 5.74) is 2.91. The molecule has 5 aromatic rings. The van der Waals surface area contributed by atoms with Crippen LogP contribution in [0.2, 0.25) is 0 Å². The van der Waals surface area contributed by atoms with Gasteiger partial charge in [0.05, 0.1) is 48.5 Å². The van der Waals surface area contributed by atoms with Crippen LogP contribution in [0.3, 0.4) is 0 Å². The highest BCUT2D eigenvalue weighted by Gasteiger charge is 2.24. The summed E-state index contributed by atoms with van der Waals surface area (Å²) >= 11 is 0. The highest BCUT2D eigenvalue weighted by atomic mass is 16.3. The van der Waals surface area contributed by atoms with Gasteiger partial charge in [0.15, 0.2) is 5.65 Å². The number of furan rings is 2. The Kier molecular flexibility index (Phi) is 5.29. The van der Waals surface area contributed by atoms with E-state index < -0.39 is 0 Å². The zero-order valence-electron chi connectivity index (χ0n) is 17.6. The van der Waals surface area contributed by atoms with E-state index in [0.717, 1.165) is 16.6 Å². The van der Waals surface area contributed by atoms with Crippen molar-refractivity contribution in [2.24, 2.45) is 0 Å². The summed E-state index contributed by atoms with van der Waals surface area (Å²) < 4.78 is 12.8. The SMILES string of the molecule is CCn1ncc2c(C(=O)N(Cc3ccco3)Cc3ccco3)cc(-c3ccccc3)nc21. The largest absolute Gasteiger partial charge is 0.467 e. The van der Waals surface area contributed by atoms with Crippen molar-refractivity contribution in [3.05, 3.63) is 96.5 Å². The topological polar surface area (TPSA) is 77.3 Å². The number of fused-ring (bicyclic) bond motifs is 1. The lowest BCUT2D eigenvalue weighted by molar-refractivity contribution is 0.0707. The average Bonchev–Trinajstić information content (AvgIpc) is 3.60. The molecule has 0 unspecified atom stereocenters. The summed E-state index contributed by atoms with van der Waals surface area (Å²) in [6, 6.07) is 19.0. The Bertz CT molecular complexity index is 1290. The molecule has 7 nitrogen and oxygen atoms in total. The summed E-state index contributed by atoms with van der Waals surface area (Å²) in [5, 5.41) is 5.17. The summed E-state index contributed by atoms with van der Waals surface area (Å²) in [4.78, 5) is 20.4. The third-order valence-corrected chi connectivity index (χ3v) is 5.35. The molecule has 0 bridgehead atoms. The molecule has 0 aliphatic carbocycles. The number of nitrogens with zero attached hydrogens (tertiary/aromatic N) is 4. The maximum atomic E-state index is 13.9. The second kappa shape index (κ2) is 8.55. The Labute approximate surface area is 184 Å². The molecule has 0 N–H and O–H groups in total. The first-order valence-corrected chi connectivity index (χ1v) is 10.5. The molecule has 4 heterocycles. The van der Waals surface area contributed by atoms with Gasteiger partial charge in [-0.05, 0) is 37.3 Å². The van der Waals surface area contributed by atoms with Crippen LogP contribution in [0, 0.1) is 0 Å². The van der Waals surface area contributed by atoms with Crippen LogP contribution in [-0.4, -0.2) is 25.6 Å². The minimum atomic E-state index is -0.141. The normalized spacial score (nSPS) is 11.2. The van der Waals surface area contributed by atoms with Gasteiger partial charge in [0.25, 0.3) is 5.91 Å². The molecule has 0 spiro atoms. The molecule has 0 aliphatic rings. The number of aromatic nitrogens is 3. The molecule has 32 heavy (non-hydrogen) atoms. The third-order valence-electron chi connectivity index (χ3n) is 5.35. The Morgan fingerprint density at radius 2 is 1.66 bits per heavy atom. The van der Waals surface area contributed by atoms with Crippen LogP contribution in [-0.2, 0) is 19.6 Å². The van der Waals surface area contributed by atoms with Crippen LogP contribution < -0.4 is 0 Å². The first kappa shape index (κ1) is 19.8. The first-order chi connectivity index (χ1) is 15.7. The fourth-order valence-electron chi connectivity index (χ4n) is 3.76. The quantitative estimate of drug-likeness (QED) is 0.360. The number of benzene rings is 1. The van der Waals surface area contributed by atoms with Crippen molar-refractivity contribution in [3.8, 4) is 11.3 Å². The molecule has 160 valence electrons. The van der Waals surface area contributed by atoms with Crippen molar-refractivity contribution in [2.45, 2.75) is 26.6 Å². The molecule has 0 atom stereocenters. The molecule has 0 fully saturated rings. The second-order valence-electron chi connectivity index (χ2n) is 7.44. The van der Waals surface area contributed by atoms with Crippen molar-refractivity contribution in [2.75, 3.05) is 0 Å². The van der Waals surface area contributed by atoms with Crippen LogP contribution in [0.1, 0.15) is 28.8 Å². The number of carbonyl (C=O) groups is 1. The molecule has 5 rings (SSSR count). The van der Waals surface area contributed by atoms with Gasteiger partial charge in [-0.1, -0.05) is 30.3 Å². The number of aryl methyl sites for hydroxylation is 1. The van der Waals surface area contributed by atoms with Crippen molar-refractivity contribution < 1.29 is 13.6 Å². The standard InChI is InChI=1S/C25H22N4O3/c1-2-29-24-22(15-26-29)21(14-23(27-24)18-8-4-3-5-9-18)25(30)28(16-19-10-6-12-31-19)17-20-11-7-13-32-20/h3-15H,2,16-17H2,1H3. The molecular weight excluding hydrogens is 404 g/mol. The van der Waals surface area contributed by atoms with Gasteiger partial charge in [0.1, 0.15) is 11.5 Å². The predicted molar refractivity (Wildman–Crippen MR) is 120 cm³/mol. The van der Waals surface area contributed by atoms with Crippen molar-refractivity contribution in [3.63, 3.8) is 0 Å². The summed E-state index contributed by atoms with van der Waals surface area (Å²) in [6.07, 6.45) is 4.93. The molecule has 4 aromatic heterocycles. The number of rotatable bonds is 7. The van der Waals surface area contributed by atoms with E-state index in [9.17, 15) is 4.79 Å². The van der Waals surface area contributed by atoms with Gasteiger partial charge in [-0.15, -0.1) is 0 Å². The summed E-state index contributed by atoms with van der Waals surface area (Å²) in [7, 11) is 0. The Morgan fingerprint density at radius 3 is 2.25 bits per heavy atom. The smallest absolute Gasteiger partial charge is 0.255 e. The molecule has 0 radical (unpaired) electrons. The monoisotopic (exact) mass is 426 g/mol. The van der Waals surface area contributed by atoms with E-state index in [1.54, 1.807) is 23.6 Å². The highest BCUT2D eigenvalue weighted by molar-refractivity contribution is 6.06. The van der Waals surface area contributed by atoms with E-state index >= 15 is 0 Å². The lowest BCUT2D eigenvalue weighted by Gasteiger charge is -2.21. The summed E-state index contributed by atoms with van der Waals surface area (Å²) in [5.74, 6) is 1.25. The van der Waals surface area contributed by atoms with Crippen LogP contribution in [0.15, 0.2) is 88.2 Å². The highest BCUT2D eigenvalue weighted by Crippen LogP contribution is 2.27. The minimum Gasteiger partial charge on any atom is -0.467 e. The van der Waals surface area contributed by atoms with Gasteiger partial charge in [-0.2, -0.15) is 5.10 Å². The molecule has 0 aliphatic heterocycles. The van der Waals surface area contributed by atoms with E-state index in [0.29, 0.717) is 42.4 Å². The van der Waals surface area contributed by atoms with Crippen molar-refractivity contribution in [1.29, 1.82) is 0 Å². The summed E-state index contributed by atoms with van der Waals surface area (Å²) in [6.45, 7) is 3.30. The van der Waals surface area contributed by atoms with Crippen LogP contribution >= 0.6 is 0 Å². The maximum Gasteiger partial charge on any atom is 0.255 e. The zero-order chi connectivity index (χ0) is 21.9. The fraction of sp³-hybridized carbons (Fsp3) is 0.160. The molecule has 0 saturated carbocycles. The third kappa shape index (κ3) is 3.80. The van der Waals surface area contributed by atoms with Gasteiger partial charge < -0.3 is 13.7 Å². The van der Waals surface area contributed by atoms with E-state index in [2.05, 4.69) is 5.10 Å². The Balaban J connectivity index is 1.61. The van der Waals surface area contributed by atoms with E-state index in [1.807, 2.05) is 72.3 Å². The van der Waals surface area contributed by atoms with E-state index in [1.165, 1.54) is 0 Å². The Hall–Kier alpha value is -4.13. The number of pyridine rings is 1. The van der Waals surface area contributed by atoms with Crippen molar-refractivity contribution >= 4 is 16.9 Å². The first-order valence-electron chi connectivity index (χ1n) is 10.5. The lowest BCUT2D eigenvalue weighted by Crippen LogP contribution is -2.30. The van der Waals surface area contributed by atoms with Gasteiger partial charge in [-0.3, -0.25) is 4.79 Å². The van der Waals surface area contributed by atoms with Crippen LogP contribution in [0.4, 0.5) is 0 Å². The predicted octanol–water partition coefficient (Wildman–Crippen LogP) is 5.15. The molecule has 7 heteroatoms. The van der Waals surface area contributed by atoms with Crippen LogP contribution in [0.5, 0.6) is 0 Å². The lowest BCUT2D eigenvalue weighted by atomic mass is 10.1. The van der Waals surface area contributed by atoms with Gasteiger partial charge >= 0.3 is 0 Å². The Morgan fingerprint density at radius 1 is 0.969 bits per heavy atom. The second-order valence-corrected chi connectivity index (χ2v) is 7.44.